The van der Waals surface area contributed by atoms with Gasteiger partial charge in [-0.3, -0.25) is 4.90 Å². The molecule has 0 saturated carbocycles. The van der Waals surface area contributed by atoms with E-state index in [-0.39, 0.29) is 6.54 Å². The summed E-state index contributed by atoms with van der Waals surface area (Å²) in [4.78, 5) is 9.05. The molecule has 0 spiro atoms. The van der Waals surface area contributed by atoms with E-state index < -0.39 is 0 Å². The Kier molecular flexibility index (Phi) is 6.33. The van der Waals surface area contributed by atoms with Crippen molar-refractivity contribution in [2.45, 2.75) is 6.54 Å². The van der Waals surface area contributed by atoms with Crippen molar-refractivity contribution in [1.82, 2.24) is 9.88 Å². The van der Waals surface area contributed by atoms with Gasteiger partial charge >= 0.3 is 0 Å². The van der Waals surface area contributed by atoms with Crippen LogP contribution in [0.15, 0.2) is 17.2 Å². The largest absolute Gasteiger partial charge is 0.476 e. The Morgan fingerprint density at radius 2 is 1.79 bits per heavy atom. The maximum Gasteiger partial charge on any atom is 0.215 e. The fourth-order valence-electron chi connectivity index (χ4n) is 2.89. The second kappa shape index (κ2) is 8.91. The Balaban J connectivity index is 1.61. The van der Waals surface area contributed by atoms with Crippen molar-refractivity contribution >= 4 is 5.69 Å². The number of rotatable bonds is 7. The standard InChI is InChI=1S/C16H25N5O3/c17-18-13-14-11-15(21-4-8-23-9-5-21)12-16(19-14)24-10-3-20-1-6-22-7-2-20/h11-12,17H,1-10,13H2. The fraction of sp³-hybridized carbons (Fsp3) is 0.688. The zero-order valence-corrected chi connectivity index (χ0v) is 13.9. The molecule has 0 aromatic carbocycles. The molecular formula is C16H25N5O3. The summed E-state index contributed by atoms with van der Waals surface area (Å²) in [5, 5.41) is 3.45. The Morgan fingerprint density at radius 3 is 2.50 bits per heavy atom. The predicted octanol–water partition coefficient (Wildman–Crippen LogP) is 1.16. The molecule has 3 heterocycles. The van der Waals surface area contributed by atoms with Gasteiger partial charge in [-0.05, 0) is 6.07 Å². The number of nitrogens with one attached hydrogen (secondary N) is 1. The molecule has 0 amide bonds. The van der Waals surface area contributed by atoms with Crippen LogP contribution in [0, 0.1) is 5.53 Å². The van der Waals surface area contributed by atoms with E-state index in [4.69, 9.17) is 19.7 Å². The van der Waals surface area contributed by atoms with E-state index in [2.05, 4.69) is 19.9 Å². The molecule has 1 N–H and O–H groups in total. The van der Waals surface area contributed by atoms with Crippen LogP contribution >= 0.6 is 0 Å². The van der Waals surface area contributed by atoms with Crippen LogP contribution in [0.25, 0.3) is 0 Å². The molecule has 2 saturated heterocycles. The Bertz CT molecular complexity index is 530. The second-order valence-corrected chi connectivity index (χ2v) is 5.87. The molecule has 8 nitrogen and oxygen atoms in total. The highest BCUT2D eigenvalue weighted by Gasteiger charge is 2.15. The maximum atomic E-state index is 7.09. The van der Waals surface area contributed by atoms with Crippen molar-refractivity contribution < 1.29 is 14.2 Å². The summed E-state index contributed by atoms with van der Waals surface area (Å²) in [6, 6.07) is 3.95. The van der Waals surface area contributed by atoms with E-state index in [1.165, 1.54) is 0 Å². The lowest BCUT2D eigenvalue weighted by molar-refractivity contribution is 0.0320. The molecule has 8 heteroatoms. The van der Waals surface area contributed by atoms with Crippen LogP contribution in [0.3, 0.4) is 0 Å². The first-order chi connectivity index (χ1) is 11.8. The van der Waals surface area contributed by atoms with Crippen LogP contribution in [-0.4, -0.2) is 75.6 Å². The molecule has 24 heavy (non-hydrogen) atoms. The van der Waals surface area contributed by atoms with Gasteiger partial charge in [0.2, 0.25) is 5.88 Å². The predicted molar refractivity (Wildman–Crippen MR) is 88.9 cm³/mol. The topological polar surface area (TPSA) is 83.3 Å². The first-order valence-electron chi connectivity index (χ1n) is 8.45. The molecule has 132 valence electrons. The first-order valence-corrected chi connectivity index (χ1v) is 8.45. The monoisotopic (exact) mass is 335 g/mol. The van der Waals surface area contributed by atoms with E-state index in [0.717, 1.165) is 70.5 Å². The minimum absolute atomic E-state index is 0.276. The second-order valence-electron chi connectivity index (χ2n) is 5.87. The van der Waals surface area contributed by atoms with Gasteiger partial charge in [-0.2, -0.15) is 5.11 Å². The summed E-state index contributed by atoms with van der Waals surface area (Å²) in [5.74, 6) is 0.603. The number of hydrogen-bond donors (Lipinski definition) is 1. The summed E-state index contributed by atoms with van der Waals surface area (Å²) in [6.45, 7) is 8.39. The third kappa shape index (κ3) is 4.86. The lowest BCUT2D eigenvalue weighted by Crippen LogP contribution is -2.38. The average Bonchev–Trinajstić information content (AvgIpc) is 2.63. The van der Waals surface area contributed by atoms with Crippen molar-refractivity contribution in [3.05, 3.63) is 17.8 Å². The number of ether oxygens (including phenoxy) is 3. The van der Waals surface area contributed by atoms with E-state index in [1.54, 1.807) is 0 Å². The zero-order chi connectivity index (χ0) is 16.6. The number of hydrogen-bond acceptors (Lipinski definition) is 8. The lowest BCUT2D eigenvalue weighted by atomic mass is 10.2. The molecule has 2 aliphatic heterocycles. The highest BCUT2D eigenvalue weighted by atomic mass is 16.5. The Hall–Kier alpha value is -1.77. The Morgan fingerprint density at radius 1 is 1.08 bits per heavy atom. The van der Waals surface area contributed by atoms with Crippen LogP contribution in [0.2, 0.25) is 0 Å². The number of nitrogens with zero attached hydrogens (tertiary/aromatic N) is 4. The third-order valence-corrected chi connectivity index (χ3v) is 4.22. The minimum atomic E-state index is 0.276. The van der Waals surface area contributed by atoms with Gasteiger partial charge in [0.15, 0.2) is 0 Å². The maximum absolute atomic E-state index is 7.09. The summed E-state index contributed by atoms with van der Waals surface area (Å²) >= 11 is 0. The van der Waals surface area contributed by atoms with Gasteiger partial charge in [0.1, 0.15) is 13.2 Å². The van der Waals surface area contributed by atoms with Crippen molar-refractivity contribution in [1.29, 1.82) is 5.53 Å². The lowest BCUT2D eigenvalue weighted by Gasteiger charge is -2.29. The van der Waals surface area contributed by atoms with Gasteiger partial charge in [0, 0.05) is 44.5 Å². The van der Waals surface area contributed by atoms with Crippen molar-refractivity contribution in [2.75, 3.05) is 70.7 Å². The Labute approximate surface area is 142 Å². The fourth-order valence-corrected chi connectivity index (χ4v) is 2.89. The number of morpholine rings is 2. The van der Waals surface area contributed by atoms with Gasteiger partial charge in [-0.1, -0.05) is 0 Å². The smallest absolute Gasteiger partial charge is 0.215 e. The van der Waals surface area contributed by atoms with Gasteiger partial charge in [0.25, 0.3) is 0 Å². The molecule has 3 rings (SSSR count). The first kappa shape index (κ1) is 17.1. The van der Waals surface area contributed by atoms with Gasteiger partial charge in [0.05, 0.1) is 32.1 Å². The molecule has 0 bridgehead atoms. The molecule has 2 aliphatic rings. The van der Waals surface area contributed by atoms with Crippen LogP contribution < -0.4 is 9.64 Å². The molecule has 0 radical (unpaired) electrons. The summed E-state index contributed by atoms with van der Waals surface area (Å²) in [7, 11) is 0. The molecule has 2 fully saturated rings. The molecule has 0 unspecified atom stereocenters. The van der Waals surface area contributed by atoms with Gasteiger partial charge < -0.3 is 19.1 Å². The summed E-state index contributed by atoms with van der Waals surface area (Å²) < 4.78 is 16.6. The van der Waals surface area contributed by atoms with E-state index >= 15 is 0 Å². The number of aromatic nitrogens is 1. The van der Waals surface area contributed by atoms with E-state index in [9.17, 15) is 0 Å². The minimum Gasteiger partial charge on any atom is -0.476 e. The highest BCUT2D eigenvalue weighted by molar-refractivity contribution is 5.50. The number of anilines is 1. The molecule has 0 aliphatic carbocycles. The third-order valence-electron chi connectivity index (χ3n) is 4.22. The van der Waals surface area contributed by atoms with E-state index in [1.807, 2.05) is 12.1 Å². The van der Waals surface area contributed by atoms with Crippen molar-refractivity contribution in [3.63, 3.8) is 0 Å². The quantitative estimate of drug-likeness (QED) is 0.753. The average molecular weight is 335 g/mol. The molecule has 0 atom stereocenters. The van der Waals surface area contributed by atoms with Crippen LogP contribution in [0.4, 0.5) is 5.69 Å². The number of pyridine rings is 1. The van der Waals surface area contributed by atoms with Crippen LogP contribution in [-0.2, 0) is 16.0 Å². The van der Waals surface area contributed by atoms with E-state index in [0.29, 0.717) is 12.5 Å². The van der Waals surface area contributed by atoms with Crippen LogP contribution in [0.5, 0.6) is 5.88 Å². The van der Waals surface area contributed by atoms with Gasteiger partial charge in [-0.15, -0.1) is 0 Å². The zero-order valence-electron chi connectivity index (χ0n) is 13.9. The summed E-state index contributed by atoms with van der Waals surface area (Å²) in [5.41, 5.74) is 8.91. The highest BCUT2D eigenvalue weighted by Crippen LogP contribution is 2.22. The molecule has 1 aromatic heterocycles. The van der Waals surface area contributed by atoms with Crippen LogP contribution in [0.1, 0.15) is 5.69 Å². The molecule has 1 aromatic rings. The summed E-state index contributed by atoms with van der Waals surface area (Å²) in [6.07, 6.45) is 0. The van der Waals surface area contributed by atoms with Gasteiger partial charge in [-0.25, -0.2) is 10.5 Å². The normalized spacial score (nSPS) is 19.2. The SMILES string of the molecule is N=NCc1cc(N2CCOCC2)cc(OCCN2CCOCC2)n1. The van der Waals surface area contributed by atoms with Crippen molar-refractivity contribution in [2.24, 2.45) is 5.11 Å². The van der Waals surface area contributed by atoms with Crippen molar-refractivity contribution in [3.8, 4) is 5.88 Å². The molecular weight excluding hydrogens is 310 g/mol.